The van der Waals surface area contributed by atoms with Gasteiger partial charge in [-0.15, -0.1) is 0 Å². The van der Waals surface area contributed by atoms with Crippen LogP contribution in [-0.2, 0) is 4.79 Å². The molecule has 0 aromatic heterocycles. The Morgan fingerprint density at radius 3 is 2.56 bits per heavy atom. The number of hydrogen-bond acceptors (Lipinski definition) is 2. The molecule has 1 unspecified atom stereocenters. The number of halogens is 3. The quantitative estimate of drug-likeness (QED) is 0.748. The molecule has 18 heavy (non-hydrogen) atoms. The fraction of sp³-hybridized carbons (Fsp3) is 0.462. The molecule has 0 saturated heterocycles. The van der Waals surface area contributed by atoms with Crippen molar-refractivity contribution >= 4 is 40.6 Å². The number of rotatable bonds is 4. The summed E-state index contributed by atoms with van der Waals surface area (Å²) in [6, 6.07) is 3.16. The molecule has 0 aliphatic heterocycles. The van der Waals surface area contributed by atoms with Gasteiger partial charge < -0.3 is 4.74 Å². The highest BCUT2D eigenvalue weighted by Gasteiger charge is 2.24. The molecule has 0 spiro atoms. The number of hydrogen-bond donors (Lipinski definition) is 0. The molecule has 1 aliphatic rings. The van der Waals surface area contributed by atoms with Crippen LogP contribution in [0.25, 0.3) is 0 Å². The first kappa shape index (κ1) is 14.0. The molecule has 98 valence electrons. The predicted molar refractivity (Wildman–Crippen MR) is 73.9 cm³/mol. The summed E-state index contributed by atoms with van der Waals surface area (Å²) in [6.45, 7) is 0.466. The van der Waals surface area contributed by atoms with Crippen molar-refractivity contribution < 1.29 is 9.53 Å². The molecule has 1 aliphatic carbocycles. The number of Topliss-reactive ketones (excluding diaryl/α,β-unsaturated/α-hetero) is 1. The zero-order valence-electron chi connectivity index (χ0n) is 9.72. The van der Waals surface area contributed by atoms with E-state index < -0.39 is 0 Å². The number of carbonyl (C=O) groups excluding carboxylic acids is 1. The van der Waals surface area contributed by atoms with Crippen LogP contribution in [-0.4, -0.2) is 12.4 Å². The molecule has 1 atom stereocenters. The average Bonchev–Trinajstić information content (AvgIpc) is 2.72. The third-order valence-electron chi connectivity index (χ3n) is 3.13. The van der Waals surface area contributed by atoms with Crippen LogP contribution in [0.5, 0.6) is 5.75 Å². The van der Waals surface area contributed by atoms with Crippen molar-refractivity contribution in [1.29, 1.82) is 0 Å². The smallest absolute Gasteiger partial charge is 0.139 e. The summed E-state index contributed by atoms with van der Waals surface area (Å²) in [5.74, 6) is 1.00. The van der Waals surface area contributed by atoms with Crippen molar-refractivity contribution in [2.75, 3.05) is 6.61 Å². The SMILES string of the molecule is O=C1CCCC1CCOc1cc(Cl)c(Cl)cc1Cl. The van der Waals surface area contributed by atoms with Gasteiger partial charge in [-0.2, -0.15) is 0 Å². The summed E-state index contributed by atoms with van der Waals surface area (Å²) in [5, 5.41) is 1.25. The normalized spacial score (nSPS) is 19.3. The van der Waals surface area contributed by atoms with Gasteiger partial charge in [0.15, 0.2) is 0 Å². The molecule has 0 radical (unpaired) electrons. The van der Waals surface area contributed by atoms with Crippen LogP contribution in [0.15, 0.2) is 12.1 Å². The van der Waals surface area contributed by atoms with E-state index in [4.69, 9.17) is 39.5 Å². The summed E-state index contributed by atoms with van der Waals surface area (Å²) in [4.78, 5) is 11.5. The summed E-state index contributed by atoms with van der Waals surface area (Å²) in [6.07, 6.45) is 3.40. The van der Waals surface area contributed by atoms with E-state index in [0.717, 1.165) is 19.3 Å². The van der Waals surface area contributed by atoms with Crippen molar-refractivity contribution in [3.05, 3.63) is 27.2 Å². The summed E-state index contributed by atoms with van der Waals surface area (Å²) in [7, 11) is 0. The minimum atomic E-state index is 0.145. The fourth-order valence-corrected chi connectivity index (χ4v) is 2.71. The van der Waals surface area contributed by atoms with E-state index in [2.05, 4.69) is 0 Å². The first-order valence-corrected chi connectivity index (χ1v) is 7.01. The fourth-order valence-electron chi connectivity index (χ4n) is 2.12. The number of carbonyl (C=O) groups is 1. The molecule has 5 heteroatoms. The standard InChI is InChI=1S/C13H13Cl3O2/c14-9-6-11(16)13(7-10(9)15)18-5-4-8-2-1-3-12(8)17/h6-8H,1-5H2. The summed E-state index contributed by atoms with van der Waals surface area (Å²) >= 11 is 17.7. The highest BCUT2D eigenvalue weighted by molar-refractivity contribution is 6.43. The minimum absolute atomic E-state index is 0.145. The van der Waals surface area contributed by atoms with Gasteiger partial charge in [0.05, 0.1) is 21.7 Å². The van der Waals surface area contributed by atoms with E-state index in [0.29, 0.717) is 39.6 Å². The Morgan fingerprint density at radius 1 is 1.17 bits per heavy atom. The van der Waals surface area contributed by atoms with Crippen molar-refractivity contribution in [2.24, 2.45) is 5.92 Å². The lowest BCUT2D eigenvalue weighted by Crippen LogP contribution is -2.11. The third kappa shape index (κ3) is 3.31. The molecule has 0 amide bonds. The maximum absolute atomic E-state index is 11.5. The van der Waals surface area contributed by atoms with E-state index in [9.17, 15) is 4.79 Å². The van der Waals surface area contributed by atoms with Crippen molar-refractivity contribution in [1.82, 2.24) is 0 Å². The number of benzene rings is 1. The van der Waals surface area contributed by atoms with Crippen LogP contribution in [0.1, 0.15) is 25.7 Å². The van der Waals surface area contributed by atoms with Gasteiger partial charge in [-0.05, 0) is 25.3 Å². The van der Waals surface area contributed by atoms with Gasteiger partial charge in [-0.1, -0.05) is 34.8 Å². The Morgan fingerprint density at radius 2 is 1.89 bits per heavy atom. The molecule has 1 aromatic carbocycles. The van der Waals surface area contributed by atoms with Crippen molar-refractivity contribution in [3.63, 3.8) is 0 Å². The maximum Gasteiger partial charge on any atom is 0.139 e. The van der Waals surface area contributed by atoms with Gasteiger partial charge >= 0.3 is 0 Å². The molecule has 1 aromatic rings. The molecule has 0 bridgehead atoms. The molecule has 0 N–H and O–H groups in total. The van der Waals surface area contributed by atoms with Crippen molar-refractivity contribution in [3.8, 4) is 5.75 Å². The Labute approximate surface area is 121 Å². The first-order chi connectivity index (χ1) is 8.58. The molecule has 1 saturated carbocycles. The summed E-state index contributed by atoms with van der Waals surface area (Å²) < 4.78 is 5.56. The van der Waals surface area contributed by atoms with Gasteiger partial charge in [-0.3, -0.25) is 4.79 Å². The van der Waals surface area contributed by atoms with Crippen LogP contribution in [0.3, 0.4) is 0 Å². The zero-order chi connectivity index (χ0) is 13.1. The molecule has 1 fully saturated rings. The second-order valence-corrected chi connectivity index (χ2v) is 5.61. The molecule has 2 rings (SSSR count). The Bertz CT molecular complexity index is 460. The molecule has 2 nitrogen and oxygen atoms in total. The van der Waals surface area contributed by atoms with E-state index in [1.165, 1.54) is 0 Å². The van der Waals surface area contributed by atoms with Crippen LogP contribution >= 0.6 is 34.8 Å². The maximum atomic E-state index is 11.5. The summed E-state index contributed by atoms with van der Waals surface area (Å²) in [5.41, 5.74) is 0. The molecular formula is C13H13Cl3O2. The van der Waals surface area contributed by atoms with Crippen molar-refractivity contribution in [2.45, 2.75) is 25.7 Å². The zero-order valence-corrected chi connectivity index (χ0v) is 12.0. The monoisotopic (exact) mass is 306 g/mol. The number of ketones is 1. The van der Waals surface area contributed by atoms with E-state index in [-0.39, 0.29) is 5.92 Å². The van der Waals surface area contributed by atoms with Gasteiger partial charge in [0.2, 0.25) is 0 Å². The van der Waals surface area contributed by atoms with Gasteiger partial charge in [0.1, 0.15) is 11.5 Å². The first-order valence-electron chi connectivity index (χ1n) is 5.88. The largest absolute Gasteiger partial charge is 0.492 e. The van der Waals surface area contributed by atoms with Gasteiger partial charge in [0, 0.05) is 18.4 Å². The van der Waals surface area contributed by atoms with Crippen LogP contribution < -0.4 is 4.74 Å². The van der Waals surface area contributed by atoms with Crippen LogP contribution in [0.2, 0.25) is 15.1 Å². The lowest BCUT2D eigenvalue weighted by molar-refractivity contribution is -0.121. The third-order valence-corrected chi connectivity index (χ3v) is 4.15. The average molecular weight is 308 g/mol. The number of ether oxygens (including phenoxy) is 1. The van der Waals surface area contributed by atoms with E-state index >= 15 is 0 Å². The highest BCUT2D eigenvalue weighted by atomic mass is 35.5. The molecular weight excluding hydrogens is 294 g/mol. The van der Waals surface area contributed by atoms with Crippen LogP contribution in [0.4, 0.5) is 0 Å². The molecule has 0 heterocycles. The Balaban J connectivity index is 1.90. The van der Waals surface area contributed by atoms with Gasteiger partial charge in [0.25, 0.3) is 0 Å². The highest BCUT2D eigenvalue weighted by Crippen LogP contribution is 2.34. The topological polar surface area (TPSA) is 26.3 Å². The second kappa shape index (κ2) is 6.14. The lowest BCUT2D eigenvalue weighted by Gasteiger charge is -2.11. The van der Waals surface area contributed by atoms with Gasteiger partial charge in [-0.25, -0.2) is 0 Å². The van der Waals surface area contributed by atoms with E-state index in [1.54, 1.807) is 12.1 Å². The minimum Gasteiger partial charge on any atom is -0.492 e. The Hall–Kier alpha value is -0.440. The predicted octanol–water partition coefficient (Wildman–Crippen LogP) is 4.78. The second-order valence-electron chi connectivity index (χ2n) is 4.39. The Kier molecular flexibility index (Phi) is 4.77. The lowest BCUT2D eigenvalue weighted by atomic mass is 10.0. The van der Waals surface area contributed by atoms with Crippen LogP contribution in [0, 0.1) is 5.92 Å². The van der Waals surface area contributed by atoms with E-state index in [1.807, 2.05) is 0 Å².